The van der Waals surface area contributed by atoms with Crippen LogP contribution in [0.25, 0.3) is 0 Å². The molecule has 1 fully saturated rings. The minimum Gasteiger partial charge on any atom is -0.372 e. The average Bonchev–Trinajstić information content (AvgIpc) is 2.45. The van der Waals surface area contributed by atoms with Crippen molar-refractivity contribution in [2.45, 2.75) is 59.3 Å². The average molecular weight is 276 g/mol. The SMILES string of the molecule is CC1CCC(C(C)C)C(OCc2cccc(CN)n2)C1. The molecule has 0 saturated heterocycles. The summed E-state index contributed by atoms with van der Waals surface area (Å²) in [5.41, 5.74) is 7.56. The first-order valence-corrected chi connectivity index (χ1v) is 7.86. The highest BCUT2D eigenvalue weighted by atomic mass is 16.5. The van der Waals surface area contributed by atoms with Crippen molar-refractivity contribution in [3.8, 4) is 0 Å². The van der Waals surface area contributed by atoms with E-state index < -0.39 is 0 Å². The number of aromatic nitrogens is 1. The maximum absolute atomic E-state index is 6.21. The van der Waals surface area contributed by atoms with E-state index >= 15 is 0 Å². The molecule has 3 heteroatoms. The lowest BCUT2D eigenvalue weighted by Gasteiger charge is -2.37. The lowest BCUT2D eigenvalue weighted by Crippen LogP contribution is -2.34. The van der Waals surface area contributed by atoms with Crippen molar-refractivity contribution in [2.24, 2.45) is 23.5 Å². The fourth-order valence-corrected chi connectivity index (χ4v) is 3.22. The van der Waals surface area contributed by atoms with Gasteiger partial charge in [-0.1, -0.05) is 33.3 Å². The molecule has 3 nitrogen and oxygen atoms in total. The zero-order valence-electron chi connectivity index (χ0n) is 13.0. The van der Waals surface area contributed by atoms with E-state index in [1.807, 2.05) is 18.2 Å². The molecule has 2 rings (SSSR count). The fourth-order valence-electron chi connectivity index (χ4n) is 3.22. The highest BCUT2D eigenvalue weighted by Crippen LogP contribution is 2.35. The van der Waals surface area contributed by atoms with Crippen LogP contribution in [-0.2, 0) is 17.9 Å². The third-order valence-corrected chi connectivity index (χ3v) is 4.48. The molecule has 1 aromatic heterocycles. The van der Waals surface area contributed by atoms with Crippen LogP contribution < -0.4 is 5.73 Å². The summed E-state index contributed by atoms with van der Waals surface area (Å²) in [6.07, 6.45) is 4.19. The Bertz CT molecular complexity index is 419. The van der Waals surface area contributed by atoms with Gasteiger partial charge in [0, 0.05) is 6.54 Å². The van der Waals surface area contributed by atoms with E-state index in [2.05, 4.69) is 25.8 Å². The number of nitrogens with two attached hydrogens (primary N) is 1. The Morgan fingerprint density at radius 3 is 2.75 bits per heavy atom. The monoisotopic (exact) mass is 276 g/mol. The minimum atomic E-state index is 0.377. The van der Waals surface area contributed by atoms with Gasteiger partial charge in [0.05, 0.1) is 24.1 Å². The van der Waals surface area contributed by atoms with Gasteiger partial charge in [0.15, 0.2) is 0 Å². The molecule has 20 heavy (non-hydrogen) atoms. The summed E-state index contributed by atoms with van der Waals surface area (Å²) in [6, 6.07) is 6.00. The summed E-state index contributed by atoms with van der Waals surface area (Å²) in [4.78, 5) is 4.51. The molecule has 0 aromatic carbocycles. The van der Waals surface area contributed by atoms with E-state index in [0.29, 0.717) is 31.1 Å². The molecule has 3 unspecified atom stereocenters. The van der Waals surface area contributed by atoms with Crippen LogP contribution in [0.3, 0.4) is 0 Å². The van der Waals surface area contributed by atoms with Crippen molar-refractivity contribution in [3.05, 3.63) is 29.6 Å². The van der Waals surface area contributed by atoms with Crippen LogP contribution in [0.1, 0.15) is 51.4 Å². The molecule has 1 aliphatic carbocycles. The molecular weight excluding hydrogens is 248 g/mol. The molecule has 3 atom stereocenters. The van der Waals surface area contributed by atoms with Gasteiger partial charge in [-0.15, -0.1) is 0 Å². The van der Waals surface area contributed by atoms with Crippen molar-refractivity contribution in [3.63, 3.8) is 0 Å². The maximum atomic E-state index is 6.21. The third-order valence-electron chi connectivity index (χ3n) is 4.48. The Kier molecular flexibility index (Phi) is 5.55. The Balaban J connectivity index is 1.96. The number of rotatable bonds is 5. The number of hydrogen-bond donors (Lipinski definition) is 1. The zero-order chi connectivity index (χ0) is 14.5. The van der Waals surface area contributed by atoms with Gasteiger partial charge in [-0.3, -0.25) is 4.98 Å². The fraction of sp³-hybridized carbons (Fsp3) is 0.706. The summed E-state index contributed by atoms with van der Waals surface area (Å²) in [7, 11) is 0. The molecule has 1 heterocycles. The largest absolute Gasteiger partial charge is 0.372 e. The number of ether oxygens (including phenoxy) is 1. The topological polar surface area (TPSA) is 48.1 Å². The van der Waals surface area contributed by atoms with Crippen LogP contribution in [0.4, 0.5) is 0 Å². The van der Waals surface area contributed by atoms with Gasteiger partial charge in [-0.25, -0.2) is 0 Å². The van der Waals surface area contributed by atoms with Crippen molar-refractivity contribution >= 4 is 0 Å². The van der Waals surface area contributed by atoms with Crippen LogP contribution in [0.15, 0.2) is 18.2 Å². The van der Waals surface area contributed by atoms with E-state index in [1.54, 1.807) is 0 Å². The van der Waals surface area contributed by atoms with E-state index in [4.69, 9.17) is 10.5 Å². The Morgan fingerprint density at radius 2 is 2.05 bits per heavy atom. The van der Waals surface area contributed by atoms with Crippen LogP contribution in [0.5, 0.6) is 0 Å². The highest BCUT2D eigenvalue weighted by molar-refractivity contribution is 5.10. The first-order valence-electron chi connectivity index (χ1n) is 7.86. The zero-order valence-corrected chi connectivity index (χ0v) is 13.0. The second kappa shape index (κ2) is 7.19. The molecule has 1 aromatic rings. The second-order valence-corrected chi connectivity index (χ2v) is 6.50. The van der Waals surface area contributed by atoms with Gasteiger partial charge in [-0.2, -0.15) is 0 Å². The Hall–Kier alpha value is -0.930. The minimum absolute atomic E-state index is 0.377. The number of pyridine rings is 1. The van der Waals surface area contributed by atoms with Gasteiger partial charge in [0.2, 0.25) is 0 Å². The number of hydrogen-bond acceptors (Lipinski definition) is 3. The van der Waals surface area contributed by atoms with Crippen LogP contribution in [0.2, 0.25) is 0 Å². The van der Waals surface area contributed by atoms with Crippen molar-refractivity contribution in [1.82, 2.24) is 4.98 Å². The lowest BCUT2D eigenvalue weighted by atomic mass is 9.75. The predicted molar refractivity (Wildman–Crippen MR) is 82.0 cm³/mol. The number of nitrogens with zero attached hydrogens (tertiary/aromatic N) is 1. The quantitative estimate of drug-likeness (QED) is 0.895. The van der Waals surface area contributed by atoms with Crippen molar-refractivity contribution < 1.29 is 4.74 Å². The summed E-state index contributed by atoms with van der Waals surface area (Å²) in [6.45, 7) is 8.05. The summed E-state index contributed by atoms with van der Waals surface area (Å²) < 4.78 is 6.21. The van der Waals surface area contributed by atoms with Crippen LogP contribution in [-0.4, -0.2) is 11.1 Å². The van der Waals surface area contributed by atoms with Gasteiger partial charge in [-0.05, 0) is 42.7 Å². The molecule has 1 saturated carbocycles. The third kappa shape index (κ3) is 4.03. The molecule has 0 amide bonds. The van der Waals surface area contributed by atoms with E-state index in [-0.39, 0.29) is 0 Å². The molecule has 112 valence electrons. The first-order chi connectivity index (χ1) is 9.60. The Morgan fingerprint density at radius 1 is 1.30 bits per heavy atom. The van der Waals surface area contributed by atoms with Gasteiger partial charge < -0.3 is 10.5 Å². The maximum Gasteiger partial charge on any atom is 0.0891 e. The molecule has 0 aliphatic heterocycles. The normalized spacial score (nSPS) is 26.9. The molecule has 0 spiro atoms. The lowest BCUT2D eigenvalue weighted by molar-refractivity contribution is -0.0483. The molecular formula is C17H28N2O. The van der Waals surface area contributed by atoms with E-state index in [0.717, 1.165) is 17.3 Å². The van der Waals surface area contributed by atoms with Gasteiger partial charge in [0.1, 0.15) is 0 Å². The van der Waals surface area contributed by atoms with Gasteiger partial charge in [0.25, 0.3) is 0 Å². The molecule has 2 N–H and O–H groups in total. The first kappa shape index (κ1) is 15.5. The highest BCUT2D eigenvalue weighted by Gasteiger charge is 2.31. The summed E-state index contributed by atoms with van der Waals surface area (Å²) in [5, 5.41) is 0. The van der Waals surface area contributed by atoms with Crippen molar-refractivity contribution in [2.75, 3.05) is 0 Å². The van der Waals surface area contributed by atoms with Crippen molar-refractivity contribution in [1.29, 1.82) is 0 Å². The van der Waals surface area contributed by atoms with Crippen LogP contribution in [0, 0.1) is 17.8 Å². The Labute approximate surface area is 122 Å². The van der Waals surface area contributed by atoms with Crippen LogP contribution >= 0.6 is 0 Å². The molecule has 0 bridgehead atoms. The van der Waals surface area contributed by atoms with E-state index in [9.17, 15) is 0 Å². The standard InChI is InChI=1S/C17H28N2O/c1-12(2)16-8-7-13(3)9-17(16)20-11-15-6-4-5-14(10-18)19-15/h4-6,12-13,16-17H,7-11,18H2,1-3H3. The summed E-state index contributed by atoms with van der Waals surface area (Å²) in [5.74, 6) is 2.15. The van der Waals surface area contributed by atoms with E-state index in [1.165, 1.54) is 19.3 Å². The second-order valence-electron chi connectivity index (χ2n) is 6.50. The van der Waals surface area contributed by atoms with Gasteiger partial charge >= 0.3 is 0 Å². The smallest absolute Gasteiger partial charge is 0.0891 e. The molecule has 0 radical (unpaired) electrons. The molecule has 1 aliphatic rings. The summed E-state index contributed by atoms with van der Waals surface area (Å²) >= 11 is 0. The predicted octanol–water partition coefficient (Wildman–Crippen LogP) is 3.52.